The van der Waals surface area contributed by atoms with Gasteiger partial charge in [0.2, 0.25) is 0 Å². The first-order chi connectivity index (χ1) is 39.6. The van der Waals surface area contributed by atoms with Crippen LogP contribution in [0.5, 0.6) is 0 Å². The first-order valence-corrected chi connectivity index (χ1v) is 33.2. The van der Waals surface area contributed by atoms with E-state index >= 15 is 0 Å². The molecule has 0 radical (unpaired) electrons. The van der Waals surface area contributed by atoms with Crippen molar-refractivity contribution in [3.63, 3.8) is 0 Å². The van der Waals surface area contributed by atoms with Crippen molar-refractivity contribution < 1.29 is 69.0 Å². The van der Waals surface area contributed by atoms with Crippen molar-refractivity contribution in [1.82, 2.24) is 0 Å². The number of hydrogen-bond donors (Lipinski definition) is 7. The third kappa shape index (κ3) is 39.3. The number of unbranched alkanes of at least 4 members (excludes halogenated alkanes) is 33. The van der Waals surface area contributed by atoms with E-state index in [1.165, 1.54) is 193 Å². The number of allylic oxidation sites excluding steroid dienone is 8. The Hall–Kier alpha value is -2.05. The Balaban J connectivity index is 1.66. The summed E-state index contributed by atoms with van der Waals surface area (Å²) < 4.78 is 34.5. The molecule has 2 heterocycles. The highest BCUT2D eigenvalue weighted by atomic mass is 16.7. The number of aliphatic hydroxyl groups is 7. The molecule has 0 spiro atoms. The van der Waals surface area contributed by atoms with Gasteiger partial charge in [0.05, 0.1) is 26.4 Å². The molecule has 2 aliphatic heterocycles. The van der Waals surface area contributed by atoms with Crippen LogP contribution in [0.4, 0.5) is 0 Å². The average Bonchev–Trinajstić information content (AvgIpc) is 3.46. The molecule has 14 heteroatoms. The predicted molar refractivity (Wildman–Crippen MR) is 326 cm³/mol. The summed E-state index contributed by atoms with van der Waals surface area (Å²) in [4.78, 5) is 13.1. The molecule has 0 aliphatic carbocycles. The van der Waals surface area contributed by atoms with Gasteiger partial charge >= 0.3 is 5.97 Å². The maximum atomic E-state index is 13.1. The molecule has 0 aromatic rings. The van der Waals surface area contributed by atoms with Gasteiger partial charge in [0.1, 0.15) is 54.9 Å². The molecular formula is C67H122O14. The van der Waals surface area contributed by atoms with Crippen molar-refractivity contribution in [3.8, 4) is 0 Å². The zero-order chi connectivity index (χ0) is 58.6. The van der Waals surface area contributed by atoms with Crippen molar-refractivity contribution in [1.29, 1.82) is 0 Å². The van der Waals surface area contributed by atoms with Gasteiger partial charge in [-0.15, -0.1) is 0 Å². The summed E-state index contributed by atoms with van der Waals surface area (Å²) in [6.45, 7) is 3.71. The van der Waals surface area contributed by atoms with Crippen molar-refractivity contribution >= 4 is 5.97 Å². The molecule has 0 aromatic carbocycles. The SMILES string of the molecule is CCCCCCC/C=C\C/C=C\CCCCCCCCCCCCCCOCC(COC1OC(COC2OC(CO)C(O)C(O)C2O)C(O)C(O)C1O)OC(=O)CCCCCCCCCCCCC/C=C\C/C=C\CCCCCCC. The van der Waals surface area contributed by atoms with Gasteiger partial charge in [0, 0.05) is 13.0 Å². The Morgan fingerprint density at radius 2 is 0.765 bits per heavy atom. The molecule has 0 saturated carbocycles. The number of aliphatic hydroxyl groups excluding tert-OH is 7. The molecular weight excluding hydrogens is 1030 g/mol. The lowest BCUT2D eigenvalue weighted by atomic mass is 9.98. The van der Waals surface area contributed by atoms with E-state index in [9.17, 15) is 40.5 Å². The fourth-order valence-electron chi connectivity index (χ4n) is 10.5. The lowest BCUT2D eigenvalue weighted by Crippen LogP contribution is -2.61. The molecule has 2 aliphatic rings. The summed E-state index contributed by atoms with van der Waals surface area (Å²) in [5.41, 5.74) is 0. The Morgan fingerprint density at radius 1 is 0.407 bits per heavy atom. The number of hydrogen-bond acceptors (Lipinski definition) is 14. The van der Waals surface area contributed by atoms with Crippen LogP contribution in [-0.4, -0.2) is 142 Å². The highest BCUT2D eigenvalue weighted by Crippen LogP contribution is 2.27. The summed E-state index contributed by atoms with van der Waals surface area (Å²) in [7, 11) is 0. The highest BCUT2D eigenvalue weighted by molar-refractivity contribution is 5.69. The van der Waals surface area contributed by atoms with Crippen LogP contribution in [0.25, 0.3) is 0 Å². The van der Waals surface area contributed by atoms with Crippen LogP contribution in [0.3, 0.4) is 0 Å². The fraction of sp³-hybridized carbons (Fsp3) is 0.866. The summed E-state index contributed by atoms with van der Waals surface area (Å²) in [5, 5.41) is 72.5. The molecule has 0 bridgehead atoms. The zero-order valence-electron chi connectivity index (χ0n) is 51.3. The monoisotopic (exact) mass is 1150 g/mol. The Bertz CT molecular complexity index is 1520. The van der Waals surface area contributed by atoms with E-state index < -0.39 is 80.7 Å². The largest absolute Gasteiger partial charge is 0.457 e. The van der Waals surface area contributed by atoms with E-state index in [0.717, 1.165) is 51.4 Å². The van der Waals surface area contributed by atoms with E-state index in [-0.39, 0.29) is 25.6 Å². The molecule has 7 N–H and O–H groups in total. The molecule has 81 heavy (non-hydrogen) atoms. The topological polar surface area (TPSA) is 214 Å². The first kappa shape index (κ1) is 75.0. The average molecular weight is 1150 g/mol. The van der Waals surface area contributed by atoms with E-state index in [2.05, 4.69) is 62.5 Å². The smallest absolute Gasteiger partial charge is 0.306 e. The predicted octanol–water partition coefficient (Wildman–Crippen LogP) is 13.4. The summed E-state index contributed by atoms with van der Waals surface area (Å²) in [5.74, 6) is -0.375. The number of carbonyl (C=O) groups is 1. The highest BCUT2D eigenvalue weighted by Gasteiger charge is 2.47. The van der Waals surface area contributed by atoms with Gasteiger partial charge in [-0.25, -0.2) is 0 Å². The zero-order valence-corrected chi connectivity index (χ0v) is 51.3. The Morgan fingerprint density at radius 3 is 1.19 bits per heavy atom. The van der Waals surface area contributed by atoms with Crippen LogP contribution >= 0.6 is 0 Å². The molecule has 11 atom stereocenters. The second-order valence-electron chi connectivity index (χ2n) is 23.3. The van der Waals surface area contributed by atoms with Crippen molar-refractivity contribution in [3.05, 3.63) is 48.6 Å². The van der Waals surface area contributed by atoms with Crippen molar-refractivity contribution in [2.24, 2.45) is 0 Å². The van der Waals surface area contributed by atoms with Crippen LogP contribution in [0.1, 0.15) is 271 Å². The fourth-order valence-corrected chi connectivity index (χ4v) is 10.5. The molecule has 0 amide bonds. The molecule has 474 valence electrons. The third-order valence-corrected chi connectivity index (χ3v) is 15.8. The number of esters is 1. The standard InChI is InChI=1S/C67H122O14/c1-3-5-7-9-11-13-15-17-19-21-23-25-27-29-31-33-35-37-39-41-43-45-47-49-51-76-53-56(54-77-66-65(75)63(73)61(71)58(81-66)55-78-67-64(74)62(72)60(70)57(52-68)80-67)79-59(69)50-48-46-44-42-40-38-36-34-32-30-28-26-24-22-20-18-16-14-12-10-8-6-4-2/h15-18,21-24,56-58,60-68,70-75H,3-14,19-20,25-55H2,1-2H3/b17-15-,18-16-,23-21-,24-22-. The number of ether oxygens (including phenoxy) is 6. The summed E-state index contributed by atoms with van der Waals surface area (Å²) in [6.07, 6.45) is 50.3. The van der Waals surface area contributed by atoms with Gasteiger partial charge < -0.3 is 64.2 Å². The van der Waals surface area contributed by atoms with E-state index in [1.54, 1.807) is 0 Å². The van der Waals surface area contributed by atoms with Gasteiger partial charge in [-0.3, -0.25) is 4.79 Å². The van der Waals surface area contributed by atoms with E-state index in [1.807, 2.05) is 0 Å². The maximum Gasteiger partial charge on any atom is 0.306 e. The Labute approximate surface area is 492 Å². The van der Waals surface area contributed by atoms with Gasteiger partial charge in [-0.05, 0) is 77.0 Å². The number of carbonyl (C=O) groups excluding carboxylic acids is 1. The van der Waals surface area contributed by atoms with Gasteiger partial charge in [-0.1, -0.05) is 236 Å². The van der Waals surface area contributed by atoms with E-state index in [4.69, 9.17) is 28.4 Å². The summed E-state index contributed by atoms with van der Waals surface area (Å²) in [6, 6.07) is 0. The quantitative estimate of drug-likeness (QED) is 0.0171. The molecule has 2 saturated heterocycles. The molecule has 2 rings (SSSR count). The lowest BCUT2D eigenvalue weighted by molar-refractivity contribution is -0.332. The second-order valence-corrected chi connectivity index (χ2v) is 23.3. The molecule has 0 aromatic heterocycles. The number of rotatable bonds is 55. The Kier molecular flexibility index (Phi) is 49.5. The van der Waals surface area contributed by atoms with Gasteiger partial charge in [0.25, 0.3) is 0 Å². The molecule has 11 unspecified atom stereocenters. The summed E-state index contributed by atoms with van der Waals surface area (Å²) >= 11 is 0. The second kappa shape index (κ2) is 53.4. The minimum absolute atomic E-state index is 0.0608. The van der Waals surface area contributed by atoms with E-state index in [0.29, 0.717) is 13.0 Å². The first-order valence-electron chi connectivity index (χ1n) is 33.2. The van der Waals surface area contributed by atoms with Crippen LogP contribution in [0, 0.1) is 0 Å². The van der Waals surface area contributed by atoms with Crippen LogP contribution in [0.15, 0.2) is 48.6 Å². The van der Waals surface area contributed by atoms with Gasteiger partial charge in [0.15, 0.2) is 12.6 Å². The van der Waals surface area contributed by atoms with Gasteiger partial charge in [-0.2, -0.15) is 0 Å². The van der Waals surface area contributed by atoms with Crippen LogP contribution < -0.4 is 0 Å². The lowest BCUT2D eigenvalue weighted by Gasteiger charge is -2.42. The molecule has 14 nitrogen and oxygen atoms in total. The van der Waals surface area contributed by atoms with Crippen molar-refractivity contribution in [2.75, 3.05) is 33.0 Å². The van der Waals surface area contributed by atoms with Crippen LogP contribution in [-0.2, 0) is 33.2 Å². The maximum absolute atomic E-state index is 13.1. The third-order valence-electron chi connectivity index (χ3n) is 15.8. The molecule has 2 fully saturated rings. The minimum Gasteiger partial charge on any atom is -0.457 e. The van der Waals surface area contributed by atoms with Crippen molar-refractivity contribution in [2.45, 2.75) is 338 Å². The minimum atomic E-state index is -1.71. The van der Waals surface area contributed by atoms with Crippen LogP contribution in [0.2, 0.25) is 0 Å². The normalized spacial score (nSPS) is 24.0.